The first-order chi connectivity index (χ1) is 9.10. The summed E-state index contributed by atoms with van der Waals surface area (Å²) in [5.41, 5.74) is 7.14. The summed E-state index contributed by atoms with van der Waals surface area (Å²) in [5, 5.41) is 0.948. The van der Waals surface area contributed by atoms with E-state index in [-0.39, 0.29) is 12.4 Å². The molecule has 0 atom stereocenters. The molecular formula is C14H12Cl2FNO. The van der Waals surface area contributed by atoms with Crippen LogP contribution in [-0.4, -0.2) is 0 Å². The van der Waals surface area contributed by atoms with Gasteiger partial charge in [-0.1, -0.05) is 29.3 Å². The fraction of sp³-hybridized carbons (Fsp3) is 0.143. The average Bonchev–Trinajstić information content (AvgIpc) is 2.38. The number of hydrogen-bond acceptors (Lipinski definition) is 2. The highest BCUT2D eigenvalue weighted by atomic mass is 35.5. The van der Waals surface area contributed by atoms with Gasteiger partial charge in [-0.3, -0.25) is 0 Å². The van der Waals surface area contributed by atoms with Crippen LogP contribution in [0.4, 0.5) is 4.39 Å². The minimum absolute atomic E-state index is 0.200. The molecule has 2 rings (SSSR count). The summed E-state index contributed by atoms with van der Waals surface area (Å²) in [4.78, 5) is 0. The molecule has 19 heavy (non-hydrogen) atoms. The van der Waals surface area contributed by atoms with Crippen molar-refractivity contribution in [1.82, 2.24) is 0 Å². The molecule has 0 aliphatic carbocycles. The highest BCUT2D eigenvalue weighted by Gasteiger charge is 2.06. The third kappa shape index (κ3) is 3.60. The first-order valence-electron chi connectivity index (χ1n) is 5.65. The zero-order valence-corrected chi connectivity index (χ0v) is 11.5. The molecule has 2 aromatic carbocycles. The Labute approximate surface area is 120 Å². The molecule has 0 aliphatic heterocycles. The summed E-state index contributed by atoms with van der Waals surface area (Å²) in [6, 6.07) is 9.38. The van der Waals surface area contributed by atoms with E-state index in [4.69, 9.17) is 33.7 Å². The number of hydrogen-bond donors (Lipinski definition) is 1. The lowest BCUT2D eigenvalue weighted by Crippen LogP contribution is -2.05. The van der Waals surface area contributed by atoms with Crippen molar-refractivity contribution in [2.45, 2.75) is 13.2 Å². The van der Waals surface area contributed by atoms with E-state index in [0.29, 0.717) is 27.9 Å². The summed E-state index contributed by atoms with van der Waals surface area (Å²) >= 11 is 11.8. The van der Waals surface area contributed by atoms with Gasteiger partial charge in [-0.05, 0) is 41.5 Å². The lowest BCUT2D eigenvalue weighted by molar-refractivity contribution is 0.304. The number of benzene rings is 2. The Morgan fingerprint density at radius 1 is 1.05 bits per heavy atom. The molecule has 0 amide bonds. The van der Waals surface area contributed by atoms with Crippen LogP contribution in [0.15, 0.2) is 36.4 Å². The molecule has 5 heteroatoms. The molecule has 0 saturated carbocycles. The monoisotopic (exact) mass is 299 g/mol. The van der Waals surface area contributed by atoms with Crippen LogP contribution < -0.4 is 10.5 Å². The highest BCUT2D eigenvalue weighted by Crippen LogP contribution is 2.28. The lowest BCUT2D eigenvalue weighted by atomic mass is 10.1. The molecule has 0 spiro atoms. The number of nitrogens with two attached hydrogens (primary N) is 1. The second-order valence-electron chi connectivity index (χ2n) is 3.98. The fourth-order valence-corrected chi connectivity index (χ4v) is 2.14. The van der Waals surface area contributed by atoms with E-state index in [1.54, 1.807) is 24.3 Å². The molecule has 0 bridgehead atoms. The summed E-state index contributed by atoms with van der Waals surface area (Å²) in [6.07, 6.45) is 0. The van der Waals surface area contributed by atoms with Crippen molar-refractivity contribution in [3.05, 3.63) is 63.4 Å². The van der Waals surface area contributed by atoms with E-state index in [0.717, 1.165) is 5.56 Å². The van der Waals surface area contributed by atoms with E-state index in [2.05, 4.69) is 0 Å². The molecule has 2 aromatic rings. The maximum atomic E-state index is 13.2. The predicted molar refractivity (Wildman–Crippen MR) is 75.1 cm³/mol. The van der Waals surface area contributed by atoms with Gasteiger partial charge < -0.3 is 10.5 Å². The van der Waals surface area contributed by atoms with E-state index in [1.807, 2.05) is 0 Å². The second-order valence-corrected chi connectivity index (χ2v) is 4.82. The number of halogens is 3. The Kier molecular flexibility index (Phi) is 4.64. The van der Waals surface area contributed by atoms with E-state index < -0.39 is 0 Å². The summed E-state index contributed by atoms with van der Waals surface area (Å²) in [7, 11) is 0. The van der Waals surface area contributed by atoms with Gasteiger partial charge in [-0.2, -0.15) is 0 Å². The van der Waals surface area contributed by atoms with Gasteiger partial charge in [0.2, 0.25) is 0 Å². The van der Waals surface area contributed by atoms with Crippen molar-refractivity contribution in [1.29, 1.82) is 0 Å². The topological polar surface area (TPSA) is 35.2 Å². The fourth-order valence-electron chi connectivity index (χ4n) is 1.68. The largest absolute Gasteiger partial charge is 0.487 e. The van der Waals surface area contributed by atoms with E-state index >= 15 is 0 Å². The van der Waals surface area contributed by atoms with Crippen LogP contribution in [0.1, 0.15) is 11.1 Å². The molecule has 2 nitrogen and oxygen atoms in total. The minimum atomic E-state index is -0.321. The van der Waals surface area contributed by atoms with Gasteiger partial charge in [0.05, 0.1) is 5.02 Å². The van der Waals surface area contributed by atoms with Crippen LogP contribution in [0.3, 0.4) is 0 Å². The van der Waals surface area contributed by atoms with Gasteiger partial charge >= 0.3 is 0 Å². The number of rotatable bonds is 4. The van der Waals surface area contributed by atoms with Gasteiger partial charge in [0, 0.05) is 11.6 Å². The maximum absolute atomic E-state index is 13.2. The van der Waals surface area contributed by atoms with Crippen LogP contribution in [0.25, 0.3) is 0 Å². The molecule has 0 unspecified atom stereocenters. The maximum Gasteiger partial charge on any atom is 0.138 e. The zero-order chi connectivity index (χ0) is 13.8. The molecule has 0 saturated heterocycles. The smallest absolute Gasteiger partial charge is 0.138 e. The van der Waals surface area contributed by atoms with Gasteiger partial charge in [0.1, 0.15) is 18.2 Å². The molecule has 100 valence electrons. The van der Waals surface area contributed by atoms with Crippen molar-refractivity contribution in [2.24, 2.45) is 5.73 Å². The SMILES string of the molecule is NCc1ccc(F)cc1COc1ccc(Cl)cc1Cl. The summed E-state index contributed by atoms with van der Waals surface area (Å²) in [6.45, 7) is 0.527. The normalized spacial score (nSPS) is 10.5. The summed E-state index contributed by atoms with van der Waals surface area (Å²) < 4.78 is 18.8. The Morgan fingerprint density at radius 2 is 1.84 bits per heavy atom. The van der Waals surface area contributed by atoms with Crippen LogP contribution in [0, 0.1) is 5.82 Å². The van der Waals surface area contributed by atoms with Gasteiger partial charge in [-0.15, -0.1) is 0 Å². The third-order valence-electron chi connectivity index (χ3n) is 2.67. The van der Waals surface area contributed by atoms with Crippen molar-refractivity contribution < 1.29 is 9.13 Å². The third-order valence-corrected chi connectivity index (χ3v) is 3.20. The van der Waals surface area contributed by atoms with Crippen LogP contribution in [0.5, 0.6) is 5.75 Å². The minimum Gasteiger partial charge on any atom is -0.487 e. The van der Waals surface area contributed by atoms with Crippen molar-refractivity contribution in [2.75, 3.05) is 0 Å². The van der Waals surface area contributed by atoms with Gasteiger partial charge in [0.15, 0.2) is 0 Å². The lowest BCUT2D eigenvalue weighted by Gasteiger charge is -2.11. The molecule has 0 aromatic heterocycles. The quantitative estimate of drug-likeness (QED) is 0.919. The van der Waals surface area contributed by atoms with Crippen LogP contribution in [-0.2, 0) is 13.2 Å². The van der Waals surface area contributed by atoms with Gasteiger partial charge in [0.25, 0.3) is 0 Å². The van der Waals surface area contributed by atoms with Crippen molar-refractivity contribution in [3.63, 3.8) is 0 Å². The Balaban J connectivity index is 2.16. The Morgan fingerprint density at radius 3 is 2.53 bits per heavy atom. The standard InChI is InChI=1S/C14H12Cl2FNO/c15-11-2-4-14(13(16)6-11)19-8-10-5-12(17)3-1-9(10)7-18/h1-6H,7-8,18H2. The Hall–Kier alpha value is -1.29. The first kappa shape index (κ1) is 14.1. The Bertz CT molecular complexity index is 590. The molecule has 0 heterocycles. The summed E-state index contributed by atoms with van der Waals surface area (Å²) in [5.74, 6) is 0.177. The number of ether oxygens (including phenoxy) is 1. The zero-order valence-electron chi connectivity index (χ0n) is 10.00. The first-order valence-corrected chi connectivity index (χ1v) is 6.41. The van der Waals surface area contributed by atoms with Crippen molar-refractivity contribution in [3.8, 4) is 5.75 Å². The molecule has 2 N–H and O–H groups in total. The average molecular weight is 300 g/mol. The molecule has 0 radical (unpaired) electrons. The van der Waals surface area contributed by atoms with Crippen molar-refractivity contribution >= 4 is 23.2 Å². The van der Waals surface area contributed by atoms with Gasteiger partial charge in [-0.25, -0.2) is 4.39 Å². The van der Waals surface area contributed by atoms with E-state index in [9.17, 15) is 4.39 Å². The predicted octanol–water partition coefficient (Wildman–Crippen LogP) is 4.17. The molecule has 0 aliphatic rings. The second kappa shape index (κ2) is 6.24. The molecular weight excluding hydrogens is 288 g/mol. The molecule has 0 fully saturated rings. The van der Waals surface area contributed by atoms with E-state index in [1.165, 1.54) is 12.1 Å². The van der Waals surface area contributed by atoms with Crippen LogP contribution >= 0.6 is 23.2 Å². The van der Waals surface area contributed by atoms with Crippen LogP contribution in [0.2, 0.25) is 10.0 Å². The highest BCUT2D eigenvalue weighted by molar-refractivity contribution is 6.35.